The summed E-state index contributed by atoms with van der Waals surface area (Å²) in [6.45, 7) is 7.40. The summed E-state index contributed by atoms with van der Waals surface area (Å²) in [6, 6.07) is 12.0. The Hall–Kier alpha value is -2.11. The average Bonchev–Trinajstić information content (AvgIpc) is 2.68. The summed E-state index contributed by atoms with van der Waals surface area (Å²) in [5.41, 5.74) is 0.979. The highest BCUT2D eigenvalue weighted by Gasteiger charge is 2.18. The molecule has 5 nitrogen and oxygen atoms in total. The molecule has 140 valence electrons. The van der Waals surface area contributed by atoms with E-state index in [2.05, 4.69) is 22.9 Å². The minimum atomic E-state index is -0.269. The molecular formula is C21H28N2O3. The third kappa shape index (κ3) is 4.54. The van der Waals surface area contributed by atoms with Crippen LogP contribution in [-0.2, 0) is 9.53 Å². The van der Waals surface area contributed by atoms with Crippen LogP contribution >= 0.6 is 0 Å². The van der Waals surface area contributed by atoms with Crippen LogP contribution < -0.4 is 4.74 Å². The Balaban J connectivity index is 1.55. The Bertz CT molecular complexity index is 754. The van der Waals surface area contributed by atoms with Crippen molar-refractivity contribution in [3.8, 4) is 5.75 Å². The molecule has 5 heteroatoms. The molecule has 0 aromatic heterocycles. The lowest BCUT2D eigenvalue weighted by Gasteiger charge is -2.32. The maximum atomic E-state index is 12.4. The maximum Gasteiger partial charge on any atom is 0.313 e. The second-order valence-electron chi connectivity index (χ2n) is 7.01. The van der Waals surface area contributed by atoms with Gasteiger partial charge in [0.2, 0.25) is 0 Å². The normalized spacial score (nSPS) is 17.2. The molecule has 3 rings (SSSR count). The number of nitrogens with zero attached hydrogens (tertiary/aromatic N) is 2. The first-order valence-electron chi connectivity index (χ1n) is 9.22. The highest BCUT2D eigenvalue weighted by atomic mass is 16.5. The van der Waals surface area contributed by atoms with Gasteiger partial charge in [0.1, 0.15) is 12.4 Å². The number of hydrogen-bond donors (Lipinski definition) is 0. The first-order valence-corrected chi connectivity index (χ1v) is 9.22. The molecule has 26 heavy (non-hydrogen) atoms. The zero-order valence-electron chi connectivity index (χ0n) is 15.9. The molecule has 0 amide bonds. The van der Waals surface area contributed by atoms with E-state index in [0.717, 1.165) is 54.8 Å². The van der Waals surface area contributed by atoms with Gasteiger partial charge in [-0.1, -0.05) is 24.3 Å². The molecule has 0 spiro atoms. The second kappa shape index (κ2) is 8.52. The van der Waals surface area contributed by atoms with Crippen molar-refractivity contribution in [1.29, 1.82) is 0 Å². The number of methoxy groups -OCH3 is 1. The molecule has 0 aliphatic carbocycles. The first-order chi connectivity index (χ1) is 12.6. The predicted molar refractivity (Wildman–Crippen MR) is 104 cm³/mol. The van der Waals surface area contributed by atoms with E-state index >= 15 is 0 Å². The van der Waals surface area contributed by atoms with Crippen molar-refractivity contribution in [2.45, 2.75) is 12.8 Å². The monoisotopic (exact) mass is 356 g/mol. The van der Waals surface area contributed by atoms with Gasteiger partial charge in [0.05, 0.1) is 13.0 Å². The number of hydrogen-bond acceptors (Lipinski definition) is 5. The third-order valence-corrected chi connectivity index (χ3v) is 5.17. The number of ether oxygens (including phenoxy) is 2. The van der Waals surface area contributed by atoms with Gasteiger partial charge in [-0.25, -0.2) is 0 Å². The fourth-order valence-corrected chi connectivity index (χ4v) is 3.25. The fourth-order valence-electron chi connectivity index (χ4n) is 3.25. The molecule has 0 bridgehead atoms. The van der Waals surface area contributed by atoms with E-state index in [1.54, 1.807) is 7.11 Å². The quantitative estimate of drug-likeness (QED) is 0.745. The van der Waals surface area contributed by atoms with Crippen molar-refractivity contribution in [2.75, 3.05) is 53.5 Å². The lowest BCUT2D eigenvalue weighted by molar-refractivity contribution is -0.145. The number of piperazine rings is 1. The summed E-state index contributed by atoms with van der Waals surface area (Å²) < 4.78 is 10.8. The summed E-state index contributed by atoms with van der Waals surface area (Å²) in [4.78, 5) is 17.1. The van der Waals surface area contributed by atoms with E-state index < -0.39 is 0 Å². The van der Waals surface area contributed by atoms with Gasteiger partial charge in [-0.2, -0.15) is 0 Å². The summed E-state index contributed by atoms with van der Waals surface area (Å²) in [5.74, 6) is 0.405. The number of benzene rings is 2. The fraction of sp³-hybridized carbons (Fsp3) is 0.476. The predicted octanol–water partition coefficient (Wildman–Crippen LogP) is 2.74. The van der Waals surface area contributed by atoms with E-state index in [-0.39, 0.29) is 11.9 Å². The molecule has 1 unspecified atom stereocenters. The van der Waals surface area contributed by atoms with Crippen molar-refractivity contribution in [1.82, 2.24) is 9.80 Å². The van der Waals surface area contributed by atoms with Crippen LogP contribution in [0.25, 0.3) is 10.8 Å². The molecule has 1 atom stereocenters. The van der Waals surface area contributed by atoms with Gasteiger partial charge in [0.15, 0.2) is 0 Å². The van der Waals surface area contributed by atoms with E-state index in [1.165, 1.54) is 0 Å². The van der Waals surface area contributed by atoms with Gasteiger partial charge >= 0.3 is 5.97 Å². The zero-order chi connectivity index (χ0) is 18.5. The second-order valence-corrected chi connectivity index (χ2v) is 7.01. The van der Waals surface area contributed by atoms with Crippen molar-refractivity contribution in [2.24, 2.45) is 0 Å². The molecular weight excluding hydrogens is 328 g/mol. The Kier molecular flexibility index (Phi) is 6.12. The van der Waals surface area contributed by atoms with Crippen LogP contribution in [0.15, 0.2) is 36.4 Å². The van der Waals surface area contributed by atoms with Gasteiger partial charge in [0, 0.05) is 32.7 Å². The summed E-state index contributed by atoms with van der Waals surface area (Å²) in [5, 5.41) is 2.20. The van der Waals surface area contributed by atoms with E-state index in [9.17, 15) is 4.79 Å². The number of esters is 1. The van der Waals surface area contributed by atoms with Crippen molar-refractivity contribution >= 4 is 16.7 Å². The Morgan fingerprint density at radius 2 is 1.77 bits per heavy atom. The standard InChI is InChI=1S/C21H28N2O3/c1-16(21(24)26-13-12-23-10-8-22(2)9-11-23)17-4-5-19-15-20(25-3)7-6-18(19)14-17/h4-7,14-16H,8-13H2,1-3H3. The van der Waals surface area contributed by atoms with E-state index in [1.807, 2.05) is 37.3 Å². The number of carbonyl (C=O) groups is 1. The lowest BCUT2D eigenvalue weighted by atomic mass is 9.98. The topological polar surface area (TPSA) is 42.0 Å². The van der Waals surface area contributed by atoms with Crippen LogP contribution in [-0.4, -0.2) is 69.3 Å². The van der Waals surface area contributed by atoms with E-state index in [0.29, 0.717) is 6.61 Å². The Labute approximate surface area is 155 Å². The first kappa shape index (κ1) is 18.7. The van der Waals surface area contributed by atoms with Gasteiger partial charge in [-0.15, -0.1) is 0 Å². The van der Waals surface area contributed by atoms with Crippen molar-refractivity contribution in [3.63, 3.8) is 0 Å². The lowest BCUT2D eigenvalue weighted by Crippen LogP contribution is -2.45. The summed E-state index contributed by atoms with van der Waals surface area (Å²) >= 11 is 0. The van der Waals surface area contributed by atoms with Crippen LogP contribution in [0.5, 0.6) is 5.75 Å². The Morgan fingerprint density at radius 3 is 2.50 bits per heavy atom. The number of likely N-dealkylation sites (N-methyl/N-ethyl adjacent to an activating group) is 1. The molecule has 1 aliphatic rings. The minimum absolute atomic E-state index is 0.160. The molecule has 0 saturated carbocycles. The number of fused-ring (bicyclic) bond motifs is 1. The SMILES string of the molecule is COc1ccc2cc(C(C)C(=O)OCCN3CCN(C)CC3)ccc2c1. The van der Waals surface area contributed by atoms with Crippen LogP contribution in [0.2, 0.25) is 0 Å². The van der Waals surface area contributed by atoms with Crippen molar-refractivity contribution < 1.29 is 14.3 Å². The molecule has 2 aromatic carbocycles. The minimum Gasteiger partial charge on any atom is -0.497 e. The third-order valence-electron chi connectivity index (χ3n) is 5.17. The molecule has 0 radical (unpaired) electrons. The molecule has 1 aliphatic heterocycles. The van der Waals surface area contributed by atoms with Crippen molar-refractivity contribution in [3.05, 3.63) is 42.0 Å². The van der Waals surface area contributed by atoms with Crippen LogP contribution in [0.3, 0.4) is 0 Å². The summed E-state index contributed by atoms with van der Waals surface area (Å²) in [6.07, 6.45) is 0. The number of carbonyl (C=O) groups excluding carboxylic acids is 1. The highest BCUT2D eigenvalue weighted by molar-refractivity contribution is 5.86. The smallest absolute Gasteiger partial charge is 0.313 e. The van der Waals surface area contributed by atoms with Crippen LogP contribution in [0.1, 0.15) is 18.4 Å². The average molecular weight is 356 g/mol. The summed E-state index contributed by atoms with van der Waals surface area (Å²) in [7, 11) is 3.80. The molecule has 1 heterocycles. The highest BCUT2D eigenvalue weighted by Crippen LogP contribution is 2.25. The van der Waals surface area contributed by atoms with E-state index in [4.69, 9.17) is 9.47 Å². The van der Waals surface area contributed by atoms with Crippen LogP contribution in [0, 0.1) is 0 Å². The Morgan fingerprint density at radius 1 is 1.08 bits per heavy atom. The molecule has 0 N–H and O–H groups in total. The molecule has 1 fully saturated rings. The largest absolute Gasteiger partial charge is 0.497 e. The van der Waals surface area contributed by atoms with Gasteiger partial charge in [-0.05, 0) is 42.4 Å². The molecule has 1 saturated heterocycles. The maximum absolute atomic E-state index is 12.4. The molecule has 2 aromatic rings. The van der Waals surface area contributed by atoms with Gasteiger partial charge in [-0.3, -0.25) is 9.69 Å². The number of rotatable bonds is 6. The van der Waals surface area contributed by atoms with Gasteiger partial charge < -0.3 is 14.4 Å². The zero-order valence-corrected chi connectivity index (χ0v) is 15.9. The van der Waals surface area contributed by atoms with Crippen LogP contribution in [0.4, 0.5) is 0 Å². The van der Waals surface area contributed by atoms with Gasteiger partial charge in [0.25, 0.3) is 0 Å².